The van der Waals surface area contributed by atoms with Crippen molar-refractivity contribution in [1.29, 1.82) is 0 Å². The highest BCUT2D eigenvalue weighted by Crippen LogP contribution is 2.31. The molecule has 0 saturated carbocycles. The van der Waals surface area contributed by atoms with Crippen LogP contribution in [0.15, 0.2) is 18.2 Å². The number of carbonyl (C=O) groups excluding carboxylic acids is 1. The van der Waals surface area contributed by atoms with Gasteiger partial charge in [-0.2, -0.15) is 0 Å². The van der Waals surface area contributed by atoms with Crippen LogP contribution in [0, 0.1) is 0 Å². The van der Waals surface area contributed by atoms with E-state index in [-0.39, 0.29) is 5.91 Å². The minimum atomic E-state index is 0.240. The third-order valence-electron chi connectivity index (χ3n) is 3.37. The zero-order chi connectivity index (χ0) is 11.1. The molecular weight excluding hydrogens is 202 g/mol. The molecule has 1 saturated heterocycles. The first-order valence-electron chi connectivity index (χ1n) is 5.67. The number of aryl methyl sites for hydroxylation is 1. The van der Waals surface area contributed by atoms with Gasteiger partial charge in [0.1, 0.15) is 0 Å². The van der Waals surface area contributed by atoms with Crippen molar-refractivity contribution in [1.82, 2.24) is 5.32 Å². The minimum absolute atomic E-state index is 0.240. The lowest BCUT2D eigenvalue weighted by Crippen LogP contribution is -2.60. The van der Waals surface area contributed by atoms with E-state index in [4.69, 9.17) is 5.73 Å². The summed E-state index contributed by atoms with van der Waals surface area (Å²) in [7, 11) is 0. The van der Waals surface area contributed by atoms with Gasteiger partial charge in [-0.1, -0.05) is 0 Å². The Hall–Kier alpha value is -1.55. The Bertz CT molecular complexity index is 440. The molecule has 0 atom stereocenters. The maximum absolute atomic E-state index is 11.9. The molecule has 2 heterocycles. The highest BCUT2D eigenvalue weighted by atomic mass is 16.2. The molecule has 1 amide bonds. The van der Waals surface area contributed by atoms with Crippen molar-refractivity contribution in [2.75, 3.05) is 23.7 Å². The van der Waals surface area contributed by atoms with E-state index in [1.54, 1.807) is 0 Å². The molecule has 0 radical (unpaired) electrons. The quantitative estimate of drug-likeness (QED) is 0.674. The molecule has 16 heavy (non-hydrogen) atoms. The number of hydrogen-bond acceptors (Lipinski definition) is 3. The maximum Gasteiger partial charge on any atom is 0.227 e. The van der Waals surface area contributed by atoms with Crippen LogP contribution in [0.25, 0.3) is 0 Å². The number of amides is 1. The molecule has 0 aromatic heterocycles. The van der Waals surface area contributed by atoms with Crippen LogP contribution in [0.1, 0.15) is 12.0 Å². The number of carbonyl (C=O) groups is 1. The lowest BCUT2D eigenvalue weighted by Gasteiger charge is -2.41. The first kappa shape index (κ1) is 9.66. The Kier molecular flexibility index (Phi) is 2.11. The SMILES string of the molecule is Nc1ccc2c(c1)CCC(=O)N2C1CNC1. The highest BCUT2D eigenvalue weighted by molar-refractivity contribution is 5.97. The van der Waals surface area contributed by atoms with Gasteiger partial charge in [0, 0.05) is 30.9 Å². The fourth-order valence-corrected chi connectivity index (χ4v) is 2.39. The smallest absolute Gasteiger partial charge is 0.227 e. The van der Waals surface area contributed by atoms with Gasteiger partial charge in [0.05, 0.1) is 6.04 Å². The Morgan fingerprint density at radius 3 is 2.81 bits per heavy atom. The van der Waals surface area contributed by atoms with Crippen LogP contribution in [0.2, 0.25) is 0 Å². The first-order chi connectivity index (χ1) is 7.75. The second-order valence-electron chi connectivity index (χ2n) is 4.46. The average molecular weight is 217 g/mol. The summed E-state index contributed by atoms with van der Waals surface area (Å²) < 4.78 is 0. The predicted octanol–water partition coefficient (Wildman–Crippen LogP) is 0.520. The normalized spacial score (nSPS) is 20.5. The summed E-state index contributed by atoms with van der Waals surface area (Å²) >= 11 is 0. The molecule has 2 aliphatic rings. The van der Waals surface area contributed by atoms with Crippen LogP contribution < -0.4 is 16.0 Å². The summed E-state index contributed by atoms with van der Waals surface area (Å²) in [5.41, 5.74) is 8.80. The molecule has 4 nitrogen and oxygen atoms in total. The third kappa shape index (κ3) is 1.38. The van der Waals surface area contributed by atoms with E-state index in [1.807, 2.05) is 23.1 Å². The molecule has 0 bridgehead atoms. The third-order valence-corrected chi connectivity index (χ3v) is 3.37. The van der Waals surface area contributed by atoms with Gasteiger partial charge < -0.3 is 16.0 Å². The number of nitrogens with two attached hydrogens (primary N) is 1. The minimum Gasteiger partial charge on any atom is -0.399 e. The molecule has 84 valence electrons. The Morgan fingerprint density at radius 2 is 2.12 bits per heavy atom. The number of benzene rings is 1. The zero-order valence-electron chi connectivity index (χ0n) is 9.07. The molecule has 1 fully saturated rings. The summed E-state index contributed by atoms with van der Waals surface area (Å²) in [6, 6.07) is 6.16. The van der Waals surface area contributed by atoms with Gasteiger partial charge >= 0.3 is 0 Å². The van der Waals surface area contributed by atoms with Crippen molar-refractivity contribution >= 4 is 17.3 Å². The molecule has 0 aliphatic carbocycles. The van der Waals surface area contributed by atoms with E-state index < -0.39 is 0 Å². The van der Waals surface area contributed by atoms with Gasteiger partial charge in [-0.25, -0.2) is 0 Å². The highest BCUT2D eigenvalue weighted by Gasteiger charge is 2.33. The molecular formula is C12H15N3O. The van der Waals surface area contributed by atoms with Crippen LogP contribution in [0.3, 0.4) is 0 Å². The summed E-state index contributed by atoms with van der Waals surface area (Å²) in [5, 5.41) is 3.20. The summed E-state index contributed by atoms with van der Waals surface area (Å²) in [6.45, 7) is 1.80. The zero-order valence-corrected chi connectivity index (χ0v) is 9.07. The monoisotopic (exact) mass is 217 g/mol. The molecule has 3 N–H and O–H groups in total. The molecule has 2 aliphatic heterocycles. The molecule has 3 rings (SSSR count). The van der Waals surface area contributed by atoms with E-state index in [0.29, 0.717) is 12.5 Å². The van der Waals surface area contributed by atoms with Crippen molar-refractivity contribution < 1.29 is 4.79 Å². The number of nitrogen functional groups attached to an aromatic ring is 1. The van der Waals surface area contributed by atoms with E-state index in [2.05, 4.69) is 5.32 Å². The van der Waals surface area contributed by atoms with Crippen molar-refractivity contribution in [2.45, 2.75) is 18.9 Å². The largest absolute Gasteiger partial charge is 0.399 e. The van der Waals surface area contributed by atoms with Crippen LogP contribution >= 0.6 is 0 Å². The van der Waals surface area contributed by atoms with Crippen LogP contribution in [-0.4, -0.2) is 25.0 Å². The van der Waals surface area contributed by atoms with E-state index in [1.165, 1.54) is 5.56 Å². The Labute approximate surface area is 94.4 Å². The van der Waals surface area contributed by atoms with Gasteiger partial charge in [0.15, 0.2) is 0 Å². The second-order valence-corrected chi connectivity index (χ2v) is 4.46. The lowest BCUT2D eigenvalue weighted by molar-refractivity contribution is -0.119. The Morgan fingerprint density at radius 1 is 1.31 bits per heavy atom. The molecule has 0 spiro atoms. The first-order valence-corrected chi connectivity index (χ1v) is 5.67. The number of rotatable bonds is 1. The fourth-order valence-electron chi connectivity index (χ4n) is 2.39. The predicted molar refractivity (Wildman–Crippen MR) is 63.3 cm³/mol. The van der Waals surface area contributed by atoms with Gasteiger partial charge in [-0.3, -0.25) is 4.79 Å². The molecule has 1 aromatic rings. The molecule has 1 aromatic carbocycles. The van der Waals surface area contributed by atoms with E-state index in [9.17, 15) is 4.79 Å². The number of nitrogens with zero attached hydrogens (tertiary/aromatic N) is 1. The van der Waals surface area contributed by atoms with Crippen molar-refractivity contribution in [3.05, 3.63) is 23.8 Å². The topological polar surface area (TPSA) is 58.4 Å². The van der Waals surface area contributed by atoms with Crippen LogP contribution in [0.5, 0.6) is 0 Å². The number of hydrogen-bond donors (Lipinski definition) is 2. The van der Waals surface area contributed by atoms with Crippen molar-refractivity contribution in [2.24, 2.45) is 0 Å². The number of fused-ring (bicyclic) bond motifs is 1. The summed E-state index contributed by atoms with van der Waals surface area (Å²) in [6.07, 6.45) is 1.42. The fraction of sp³-hybridized carbons (Fsp3) is 0.417. The summed E-state index contributed by atoms with van der Waals surface area (Å²) in [4.78, 5) is 13.9. The maximum atomic E-state index is 11.9. The molecule has 4 heteroatoms. The average Bonchev–Trinajstić information content (AvgIpc) is 2.19. The van der Waals surface area contributed by atoms with Gasteiger partial charge in [0.25, 0.3) is 0 Å². The van der Waals surface area contributed by atoms with E-state index >= 15 is 0 Å². The Balaban J connectivity index is 2.02. The van der Waals surface area contributed by atoms with Crippen LogP contribution in [-0.2, 0) is 11.2 Å². The summed E-state index contributed by atoms with van der Waals surface area (Å²) in [5.74, 6) is 0.240. The molecule has 0 unspecified atom stereocenters. The van der Waals surface area contributed by atoms with Gasteiger partial charge in [-0.05, 0) is 30.2 Å². The van der Waals surface area contributed by atoms with E-state index in [0.717, 1.165) is 30.9 Å². The van der Waals surface area contributed by atoms with Crippen LogP contribution in [0.4, 0.5) is 11.4 Å². The lowest BCUT2D eigenvalue weighted by atomic mass is 9.97. The standard InChI is InChI=1S/C12H15N3O/c13-9-2-3-11-8(5-9)1-4-12(16)15(11)10-6-14-7-10/h2-3,5,10,14H,1,4,6-7,13H2. The van der Waals surface area contributed by atoms with Gasteiger partial charge in [-0.15, -0.1) is 0 Å². The number of anilines is 2. The van der Waals surface area contributed by atoms with Crippen molar-refractivity contribution in [3.8, 4) is 0 Å². The number of nitrogens with one attached hydrogen (secondary N) is 1. The van der Waals surface area contributed by atoms with Gasteiger partial charge in [0.2, 0.25) is 5.91 Å². The second kappa shape index (κ2) is 3.49. The van der Waals surface area contributed by atoms with Crippen molar-refractivity contribution in [3.63, 3.8) is 0 Å².